The first-order valence-corrected chi connectivity index (χ1v) is 5.97. The summed E-state index contributed by atoms with van der Waals surface area (Å²) < 4.78 is 6.07. The summed E-state index contributed by atoms with van der Waals surface area (Å²) in [4.78, 5) is 0. The van der Waals surface area contributed by atoms with Crippen molar-refractivity contribution in [2.75, 3.05) is 30.8 Å². The van der Waals surface area contributed by atoms with Crippen LogP contribution in [0.2, 0.25) is 0 Å². The molecule has 1 aliphatic rings. The first-order valence-electron chi connectivity index (χ1n) is 5.18. The van der Waals surface area contributed by atoms with Crippen molar-refractivity contribution in [2.45, 2.75) is 12.0 Å². The number of aliphatic hydroxyl groups is 1. The van der Waals surface area contributed by atoms with Crippen LogP contribution >= 0.6 is 15.9 Å². The van der Waals surface area contributed by atoms with Gasteiger partial charge in [-0.05, 0) is 34.1 Å². The van der Waals surface area contributed by atoms with Crippen molar-refractivity contribution in [3.8, 4) is 0 Å². The van der Waals surface area contributed by atoms with Gasteiger partial charge in [0.15, 0.2) is 0 Å². The van der Waals surface area contributed by atoms with E-state index in [4.69, 9.17) is 10.5 Å². The van der Waals surface area contributed by atoms with E-state index in [1.165, 1.54) is 0 Å². The fourth-order valence-electron chi connectivity index (χ4n) is 1.67. The molecular formula is C11H15BrN2O2. The summed E-state index contributed by atoms with van der Waals surface area (Å²) in [6, 6.07) is 5.54. The van der Waals surface area contributed by atoms with Crippen LogP contribution in [0.15, 0.2) is 22.7 Å². The molecule has 0 aliphatic carbocycles. The largest absolute Gasteiger partial charge is 0.399 e. The second-order valence-electron chi connectivity index (χ2n) is 4.12. The third-order valence-electron chi connectivity index (χ3n) is 2.68. The highest BCUT2D eigenvalue weighted by Crippen LogP contribution is 2.26. The topological polar surface area (TPSA) is 67.5 Å². The lowest BCUT2D eigenvalue weighted by Gasteiger charge is -2.21. The molecule has 1 aromatic rings. The Kier molecular flexibility index (Phi) is 3.37. The minimum atomic E-state index is -0.749. The third kappa shape index (κ3) is 2.66. The van der Waals surface area contributed by atoms with Crippen LogP contribution in [0.4, 0.5) is 11.4 Å². The molecule has 1 heterocycles. The molecule has 0 aromatic heterocycles. The van der Waals surface area contributed by atoms with Crippen LogP contribution in [0.1, 0.15) is 6.42 Å². The smallest absolute Gasteiger partial charge is 0.107 e. The van der Waals surface area contributed by atoms with Gasteiger partial charge in [-0.15, -0.1) is 0 Å². The Morgan fingerprint density at radius 1 is 1.56 bits per heavy atom. The summed E-state index contributed by atoms with van der Waals surface area (Å²) in [5, 5.41) is 13.3. The summed E-state index contributed by atoms with van der Waals surface area (Å²) in [6.45, 7) is 1.50. The minimum Gasteiger partial charge on any atom is -0.399 e. The van der Waals surface area contributed by atoms with Crippen molar-refractivity contribution >= 4 is 27.3 Å². The quantitative estimate of drug-likeness (QED) is 0.739. The molecule has 5 heteroatoms. The van der Waals surface area contributed by atoms with Gasteiger partial charge in [-0.3, -0.25) is 0 Å². The number of nitrogen functional groups attached to an aromatic ring is 1. The standard InChI is InChI=1S/C11H15BrN2O2/c12-9-5-8(13)1-2-10(9)14-6-11(15)3-4-16-7-11/h1-2,5,14-15H,3-4,6-7,13H2. The molecular weight excluding hydrogens is 272 g/mol. The Bertz CT molecular complexity index is 378. The van der Waals surface area contributed by atoms with Gasteiger partial charge < -0.3 is 20.9 Å². The van der Waals surface area contributed by atoms with Gasteiger partial charge in [0.1, 0.15) is 5.60 Å². The summed E-state index contributed by atoms with van der Waals surface area (Å²) in [5.74, 6) is 0. The highest BCUT2D eigenvalue weighted by Gasteiger charge is 2.31. The molecule has 88 valence electrons. The van der Waals surface area contributed by atoms with Crippen LogP contribution in [0.25, 0.3) is 0 Å². The molecule has 0 saturated carbocycles. The van der Waals surface area contributed by atoms with Crippen LogP contribution in [-0.4, -0.2) is 30.5 Å². The Hall–Kier alpha value is -0.780. The molecule has 1 aliphatic heterocycles. The number of rotatable bonds is 3. The number of hydrogen-bond donors (Lipinski definition) is 3. The number of ether oxygens (including phenoxy) is 1. The predicted molar refractivity (Wildman–Crippen MR) is 67.4 cm³/mol. The van der Waals surface area contributed by atoms with Crippen LogP contribution < -0.4 is 11.1 Å². The maximum atomic E-state index is 10.1. The Balaban J connectivity index is 1.99. The van der Waals surface area contributed by atoms with Gasteiger partial charge in [0, 0.05) is 35.4 Å². The molecule has 1 aromatic carbocycles. The summed E-state index contributed by atoms with van der Waals surface area (Å²) in [6.07, 6.45) is 0.673. The van der Waals surface area contributed by atoms with Gasteiger partial charge in [0.25, 0.3) is 0 Å². The van der Waals surface area contributed by atoms with Gasteiger partial charge in [-0.2, -0.15) is 0 Å². The molecule has 0 spiro atoms. The Morgan fingerprint density at radius 3 is 3.00 bits per heavy atom. The number of hydrogen-bond acceptors (Lipinski definition) is 4. The number of halogens is 1. The first kappa shape index (κ1) is 11.7. The van der Waals surface area contributed by atoms with Crippen LogP contribution in [0.3, 0.4) is 0 Å². The van der Waals surface area contributed by atoms with Crippen molar-refractivity contribution in [3.05, 3.63) is 22.7 Å². The molecule has 0 amide bonds. The first-order chi connectivity index (χ1) is 7.59. The SMILES string of the molecule is Nc1ccc(NCC2(O)CCOC2)c(Br)c1. The second-order valence-corrected chi connectivity index (χ2v) is 4.97. The zero-order chi connectivity index (χ0) is 11.6. The van der Waals surface area contributed by atoms with E-state index in [0.717, 1.165) is 10.2 Å². The molecule has 4 nitrogen and oxygen atoms in total. The molecule has 4 N–H and O–H groups in total. The van der Waals surface area contributed by atoms with E-state index in [1.54, 1.807) is 0 Å². The van der Waals surface area contributed by atoms with Gasteiger partial charge >= 0.3 is 0 Å². The Labute approximate surface area is 103 Å². The average molecular weight is 287 g/mol. The average Bonchev–Trinajstić information content (AvgIpc) is 2.64. The normalized spacial score (nSPS) is 24.6. The third-order valence-corrected chi connectivity index (χ3v) is 3.34. The summed E-state index contributed by atoms with van der Waals surface area (Å²) in [7, 11) is 0. The number of anilines is 2. The van der Waals surface area contributed by atoms with Gasteiger partial charge in [-0.1, -0.05) is 0 Å². The predicted octanol–water partition coefficient (Wildman–Crippen LogP) is 1.59. The van der Waals surface area contributed by atoms with Gasteiger partial charge in [-0.25, -0.2) is 0 Å². The van der Waals surface area contributed by atoms with E-state index in [1.807, 2.05) is 18.2 Å². The van der Waals surface area contributed by atoms with Crippen molar-refractivity contribution < 1.29 is 9.84 Å². The lowest BCUT2D eigenvalue weighted by molar-refractivity contribution is 0.0382. The van der Waals surface area contributed by atoms with E-state index in [9.17, 15) is 5.11 Å². The van der Waals surface area contributed by atoms with E-state index in [2.05, 4.69) is 21.2 Å². The highest BCUT2D eigenvalue weighted by molar-refractivity contribution is 9.10. The molecule has 16 heavy (non-hydrogen) atoms. The van der Waals surface area contributed by atoms with Gasteiger partial charge in [0.05, 0.1) is 6.61 Å². The van der Waals surface area contributed by atoms with E-state index in [0.29, 0.717) is 31.9 Å². The van der Waals surface area contributed by atoms with Crippen LogP contribution in [-0.2, 0) is 4.74 Å². The van der Waals surface area contributed by atoms with E-state index >= 15 is 0 Å². The number of nitrogens with two attached hydrogens (primary N) is 1. The molecule has 1 fully saturated rings. The minimum absolute atomic E-state index is 0.395. The van der Waals surface area contributed by atoms with Crippen LogP contribution in [0, 0.1) is 0 Å². The monoisotopic (exact) mass is 286 g/mol. The summed E-state index contributed by atoms with van der Waals surface area (Å²) >= 11 is 3.42. The molecule has 0 bridgehead atoms. The summed E-state index contributed by atoms with van der Waals surface area (Å²) in [5.41, 5.74) is 6.53. The van der Waals surface area contributed by atoms with Crippen molar-refractivity contribution in [2.24, 2.45) is 0 Å². The Morgan fingerprint density at radius 2 is 2.38 bits per heavy atom. The maximum absolute atomic E-state index is 10.1. The zero-order valence-corrected chi connectivity index (χ0v) is 10.5. The van der Waals surface area contributed by atoms with Crippen molar-refractivity contribution in [1.29, 1.82) is 0 Å². The van der Waals surface area contributed by atoms with Gasteiger partial charge in [0.2, 0.25) is 0 Å². The number of nitrogens with one attached hydrogen (secondary N) is 1. The van der Waals surface area contributed by atoms with E-state index < -0.39 is 5.60 Å². The van der Waals surface area contributed by atoms with Crippen LogP contribution in [0.5, 0.6) is 0 Å². The molecule has 1 unspecified atom stereocenters. The molecule has 2 rings (SSSR count). The zero-order valence-electron chi connectivity index (χ0n) is 8.87. The molecule has 1 atom stereocenters. The fourth-order valence-corrected chi connectivity index (χ4v) is 2.21. The lowest BCUT2D eigenvalue weighted by Crippen LogP contribution is -2.37. The molecule has 1 saturated heterocycles. The van der Waals surface area contributed by atoms with E-state index in [-0.39, 0.29) is 0 Å². The second kappa shape index (κ2) is 4.61. The maximum Gasteiger partial charge on any atom is 0.107 e. The number of benzene rings is 1. The molecule has 0 radical (unpaired) electrons. The van der Waals surface area contributed by atoms with Crippen molar-refractivity contribution in [3.63, 3.8) is 0 Å². The van der Waals surface area contributed by atoms with Crippen molar-refractivity contribution in [1.82, 2.24) is 0 Å². The lowest BCUT2D eigenvalue weighted by atomic mass is 10.0. The fraction of sp³-hybridized carbons (Fsp3) is 0.455. The highest BCUT2D eigenvalue weighted by atomic mass is 79.9.